The third-order valence-corrected chi connectivity index (χ3v) is 3.89. The predicted octanol–water partition coefficient (Wildman–Crippen LogP) is 4.45. The predicted molar refractivity (Wildman–Crippen MR) is 93.6 cm³/mol. The van der Waals surface area contributed by atoms with Crippen LogP contribution in [0.3, 0.4) is 0 Å². The molecular formula is C20H25NO2. The fourth-order valence-electron chi connectivity index (χ4n) is 2.34. The molecule has 0 bridgehead atoms. The summed E-state index contributed by atoms with van der Waals surface area (Å²) < 4.78 is 5.74. The van der Waals surface area contributed by atoms with Crippen molar-refractivity contribution in [1.29, 1.82) is 0 Å². The Bertz CT molecular complexity index is 620. The van der Waals surface area contributed by atoms with Crippen LogP contribution in [0.4, 0.5) is 0 Å². The van der Waals surface area contributed by atoms with Crippen LogP contribution >= 0.6 is 0 Å². The van der Waals surface area contributed by atoms with Crippen LogP contribution in [0.2, 0.25) is 0 Å². The maximum absolute atomic E-state index is 12.3. The van der Waals surface area contributed by atoms with Crippen LogP contribution < -0.4 is 10.1 Å². The highest BCUT2D eigenvalue weighted by molar-refractivity contribution is 5.81. The van der Waals surface area contributed by atoms with Gasteiger partial charge in [0.2, 0.25) is 0 Å². The number of rotatable bonds is 6. The summed E-state index contributed by atoms with van der Waals surface area (Å²) in [5.74, 6) is 1.08. The molecule has 2 aromatic carbocycles. The van der Waals surface area contributed by atoms with E-state index in [1.165, 1.54) is 5.56 Å². The lowest BCUT2D eigenvalue weighted by molar-refractivity contribution is -0.127. The second-order valence-electron chi connectivity index (χ2n) is 6.12. The van der Waals surface area contributed by atoms with Crippen LogP contribution in [-0.4, -0.2) is 12.0 Å². The van der Waals surface area contributed by atoms with Gasteiger partial charge < -0.3 is 10.1 Å². The number of hydrogen-bond donors (Lipinski definition) is 1. The van der Waals surface area contributed by atoms with Gasteiger partial charge in [-0.15, -0.1) is 0 Å². The Morgan fingerprint density at radius 3 is 2.04 bits per heavy atom. The molecule has 0 aromatic heterocycles. The van der Waals surface area contributed by atoms with Crippen LogP contribution in [-0.2, 0) is 4.79 Å². The van der Waals surface area contributed by atoms with E-state index < -0.39 is 6.10 Å². The zero-order valence-corrected chi connectivity index (χ0v) is 14.2. The van der Waals surface area contributed by atoms with E-state index in [0.717, 1.165) is 5.56 Å². The maximum Gasteiger partial charge on any atom is 0.261 e. The molecule has 2 atom stereocenters. The average molecular weight is 311 g/mol. The molecule has 0 heterocycles. The SMILES string of the molecule is CC(C)c1ccc(O[C@@H](C)C(=O)N[C@@H](C)c2ccccc2)cc1. The number of hydrogen-bond acceptors (Lipinski definition) is 2. The molecule has 0 unspecified atom stereocenters. The molecule has 3 nitrogen and oxygen atoms in total. The van der Waals surface area contributed by atoms with E-state index >= 15 is 0 Å². The van der Waals surface area contributed by atoms with Crippen molar-refractivity contribution in [3.63, 3.8) is 0 Å². The van der Waals surface area contributed by atoms with Crippen LogP contribution in [0.5, 0.6) is 5.75 Å². The lowest BCUT2D eigenvalue weighted by atomic mass is 10.0. The van der Waals surface area contributed by atoms with Crippen molar-refractivity contribution in [3.05, 3.63) is 65.7 Å². The number of nitrogens with one attached hydrogen (secondary N) is 1. The molecule has 23 heavy (non-hydrogen) atoms. The number of benzene rings is 2. The Balaban J connectivity index is 1.92. The second kappa shape index (κ2) is 7.82. The van der Waals surface area contributed by atoms with Gasteiger partial charge in [-0.2, -0.15) is 0 Å². The number of carbonyl (C=O) groups is 1. The highest BCUT2D eigenvalue weighted by Crippen LogP contribution is 2.19. The van der Waals surface area contributed by atoms with Crippen molar-refractivity contribution in [2.24, 2.45) is 0 Å². The molecule has 2 rings (SSSR count). The monoisotopic (exact) mass is 311 g/mol. The highest BCUT2D eigenvalue weighted by Gasteiger charge is 2.17. The fourth-order valence-corrected chi connectivity index (χ4v) is 2.34. The van der Waals surface area contributed by atoms with Gasteiger partial charge in [-0.3, -0.25) is 4.79 Å². The topological polar surface area (TPSA) is 38.3 Å². The molecule has 0 aliphatic carbocycles. The third kappa shape index (κ3) is 4.85. The van der Waals surface area contributed by atoms with Gasteiger partial charge in [-0.25, -0.2) is 0 Å². The Hall–Kier alpha value is -2.29. The number of ether oxygens (including phenoxy) is 1. The molecule has 0 fully saturated rings. The minimum absolute atomic E-state index is 0.0435. The van der Waals surface area contributed by atoms with Crippen molar-refractivity contribution in [2.45, 2.75) is 45.8 Å². The minimum Gasteiger partial charge on any atom is -0.481 e. The van der Waals surface area contributed by atoms with Crippen molar-refractivity contribution in [3.8, 4) is 5.75 Å². The number of carbonyl (C=O) groups excluding carboxylic acids is 1. The van der Waals surface area contributed by atoms with Gasteiger partial charge in [0, 0.05) is 0 Å². The maximum atomic E-state index is 12.3. The van der Waals surface area contributed by atoms with Crippen LogP contribution in [0.1, 0.15) is 50.8 Å². The summed E-state index contributed by atoms with van der Waals surface area (Å²) in [6.45, 7) is 8.04. The van der Waals surface area contributed by atoms with Gasteiger partial charge in [-0.1, -0.05) is 56.3 Å². The van der Waals surface area contributed by atoms with Gasteiger partial charge in [-0.05, 0) is 43.0 Å². The molecule has 0 aliphatic heterocycles. The van der Waals surface area contributed by atoms with Crippen molar-refractivity contribution in [2.75, 3.05) is 0 Å². The molecule has 0 spiro atoms. The lowest BCUT2D eigenvalue weighted by Gasteiger charge is -2.19. The molecule has 0 aliphatic rings. The van der Waals surface area contributed by atoms with E-state index in [2.05, 4.69) is 19.2 Å². The molecule has 122 valence electrons. The van der Waals surface area contributed by atoms with Gasteiger partial charge in [0.25, 0.3) is 5.91 Å². The van der Waals surface area contributed by atoms with Gasteiger partial charge in [0.15, 0.2) is 6.10 Å². The van der Waals surface area contributed by atoms with Crippen molar-refractivity contribution >= 4 is 5.91 Å². The summed E-state index contributed by atoms with van der Waals surface area (Å²) in [5.41, 5.74) is 2.33. The molecule has 1 amide bonds. The molecule has 0 saturated carbocycles. The summed E-state index contributed by atoms with van der Waals surface area (Å²) in [4.78, 5) is 12.3. The third-order valence-electron chi connectivity index (χ3n) is 3.89. The molecule has 2 aromatic rings. The Morgan fingerprint density at radius 2 is 1.48 bits per heavy atom. The average Bonchev–Trinajstić information content (AvgIpc) is 2.56. The molecule has 0 radical (unpaired) electrons. The first kappa shape index (κ1) is 17.1. The first-order valence-corrected chi connectivity index (χ1v) is 8.09. The molecule has 0 saturated heterocycles. The van der Waals surface area contributed by atoms with Gasteiger partial charge in [0.1, 0.15) is 5.75 Å². The zero-order valence-electron chi connectivity index (χ0n) is 14.2. The molecule has 1 N–H and O–H groups in total. The summed E-state index contributed by atoms with van der Waals surface area (Å²) in [7, 11) is 0. The zero-order chi connectivity index (χ0) is 16.8. The number of amides is 1. The van der Waals surface area contributed by atoms with Crippen molar-refractivity contribution < 1.29 is 9.53 Å². The van der Waals surface area contributed by atoms with E-state index in [9.17, 15) is 4.79 Å². The smallest absolute Gasteiger partial charge is 0.261 e. The van der Waals surface area contributed by atoms with E-state index in [1.807, 2.05) is 61.5 Å². The Morgan fingerprint density at radius 1 is 0.870 bits per heavy atom. The standard InChI is InChI=1S/C20H25NO2/c1-14(2)17-10-12-19(13-11-17)23-16(4)20(22)21-15(3)18-8-6-5-7-9-18/h5-16H,1-4H3,(H,21,22)/t15-,16-/m0/s1. The van der Waals surface area contributed by atoms with E-state index in [1.54, 1.807) is 6.92 Å². The highest BCUT2D eigenvalue weighted by atomic mass is 16.5. The normalized spacial score (nSPS) is 13.4. The quantitative estimate of drug-likeness (QED) is 0.855. The minimum atomic E-state index is -0.536. The van der Waals surface area contributed by atoms with Crippen LogP contribution in [0.25, 0.3) is 0 Å². The Kier molecular flexibility index (Phi) is 5.80. The summed E-state index contributed by atoms with van der Waals surface area (Å²) >= 11 is 0. The summed E-state index contributed by atoms with van der Waals surface area (Å²) in [6, 6.07) is 17.8. The van der Waals surface area contributed by atoms with Gasteiger partial charge in [0.05, 0.1) is 6.04 Å². The van der Waals surface area contributed by atoms with Crippen LogP contribution in [0, 0.1) is 0 Å². The van der Waals surface area contributed by atoms with E-state index in [-0.39, 0.29) is 11.9 Å². The fraction of sp³-hybridized carbons (Fsp3) is 0.350. The largest absolute Gasteiger partial charge is 0.481 e. The first-order valence-electron chi connectivity index (χ1n) is 8.09. The Labute approximate surface area is 138 Å². The van der Waals surface area contributed by atoms with Crippen molar-refractivity contribution in [1.82, 2.24) is 5.32 Å². The summed E-state index contributed by atoms with van der Waals surface area (Å²) in [6.07, 6.45) is -0.536. The summed E-state index contributed by atoms with van der Waals surface area (Å²) in [5, 5.41) is 2.98. The molecule has 3 heteroatoms. The second-order valence-corrected chi connectivity index (χ2v) is 6.12. The lowest BCUT2D eigenvalue weighted by Crippen LogP contribution is -2.37. The molecular weight excluding hydrogens is 286 g/mol. The first-order chi connectivity index (χ1) is 11.0. The van der Waals surface area contributed by atoms with Crippen LogP contribution in [0.15, 0.2) is 54.6 Å². The van der Waals surface area contributed by atoms with E-state index in [0.29, 0.717) is 11.7 Å². The van der Waals surface area contributed by atoms with Gasteiger partial charge >= 0.3 is 0 Å². The van der Waals surface area contributed by atoms with E-state index in [4.69, 9.17) is 4.74 Å².